The van der Waals surface area contributed by atoms with E-state index in [9.17, 15) is 9.59 Å². The van der Waals surface area contributed by atoms with Gasteiger partial charge in [-0.05, 0) is 60.0 Å². The zero-order chi connectivity index (χ0) is 19.1. The van der Waals surface area contributed by atoms with Crippen molar-refractivity contribution in [2.24, 2.45) is 11.8 Å². The van der Waals surface area contributed by atoms with Gasteiger partial charge in [-0.2, -0.15) is 0 Å². The van der Waals surface area contributed by atoms with Gasteiger partial charge in [0, 0.05) is 0 Å². The van der Waals surface area contributed by atoms with Crippen molar-refractivity contribution in [3.8, 4) is 11.5 Å². The number of fused-ring (bicyclic) bond motifs is 2. The average Bonchev–Trinajstić information content (AvgIpc) is 2.99. The molecule has 0 unspecified atom stereocenters. The van der Waals surface area contributed by atoms with Gasteiger partial charge in [0.1, 0.15) is 11.5 Å². The van der Waals surface area contributed by atoms with Gasteiger partial charge in [0.25, 0.3) is 0 Å². The van der Waals surface area contributed by atoms with E-state index in [-0.39, 0.29) is 23.7 Å². The van der Waals surface area contributed by atoms with E-state index >= 15 is 0 Å². The summed E-state index contributed by atoms with van der Waals surface area (Å²) in [5.74, 6) is 0.788. The maximum atomic E-state index is 12.7. The number of nitrogens with zero attached hydrogens (tertiary/aromatic N) is 1. The number of ether oxygens (including phenoxy) is 1. The third-order valence-corrected chi connectivity index (χ3v) is 5.56. The van der Waals surface area contributed by atoms with Gasteiger partial charge in [-0.25, -0.2) is 0 Å². The third-order valence-electron chi connectivity index (χ3n) is 5.56. The number of allylic oxidation sites excluding steroid dienone is 2. The topological polar surface area (TPSA) is 46.6 Å². The minimum atomic E-state index is -0.217. The molecular formula is C24H19NO3. The smallest absolute Gasteiger partial charge is 0.238 e. The fourth-order valence-electron chi connectivity index (χ4n) is 4.09. The zero-order valence-corrected chi connectivity index (χ0v) is 15.2. The molecule has 4 heteroatoms. The van der Waals surface area contributed by atoms with Gasteiger partial charge in [0.15, 0.2) is 0 Å². The number of rotatable bonds is 3. The molecule has 1 heterocycles. The highest BCUT2D eigenvalue weighted by atomic mass is 16.5. The molecule has 5 rings (SSSR count). The van der Waals surface area contributed by atoms with Crippen LogP contribution in [-0.4, -0.2) is 11.8 Å². The number of anilines is 1. The minimum absolute atomic E-state index is 0.0949. The number of imide groups is 1. The summed E-state index contributed by atoms with van der Waals surface area (Å²) in [5.41, 5.74) is 0.607. The predicted molar refractivity (Wildman–Crippen MR) is 108 cm³/mol. The van der Waals surface area contributed by atoms with Crippen LogP contribution in [-0.2, 0) is 9.59 Å². The summed E-state index contributed by atoms with van der Waals surface area (Å²) in [7, 11) is 0. The summed E-state index contributed by atoms with van der Waals surface area (Å²) < 4.78 is 5.95. The lowest BCUT2D eigenvalue weighted by Crippen LogP contribution is -2.30. The van der Waals surface area contributed by atoms with Crippen molar-refractivity contribution in [3.63, 3.8) is 0 Å². The highest BCUT2D eigenvalue weighted by Gasteiger charge is 2.47. The number of benzene rings is 3. The average molecular weight is 369 g/mol. The normalized spacial score (nSPS) is 21.2. The fourth-order valence-corrected chi connectivity index (χ4v) is 4.09. The maximum absolute atomic E-state index is 12.7. The second kappa shape index (κ2) is 6.64. The van der Waals surface area contributed by atoms with E-state index in [1.165, 1.54) is 4.90 Å². The van der Waals surface area contributed by atoms with E-state index in [1.807, 2.05) is 48.6 Å². The van der Waals surface area contributed by atoms with Crippen LogP contribution in [0.15, 0.2) is 78.9 Å². The molecule has 1 fully saturated rings. The Labute approximate surface area is 163 Å². The number of carbonyl (C=O) groups excluding carboxylic acids is 2. The fraction of sp³-hybridized carbons (Fsp3) is 0.167. The predicted octanol–water partition coefficient (Wildman–Crippen LogP) is 5.09. The number of carbonyl (C=O) groups is 2. The molecule has 138 valence electrons. The van der Waals surface area contributed by atoms with E-state index in [0.29, 0.717) is 24.3 Å². The first-order valence-electron chi connectivity index (χ1n) is 9.50. The summed E-state index contributed by atoms with van der Waals surface area (Å²) in [5, 5.41) is 2.27. The first kappa shape index (κ1) is 16.8. The Kier molecular flexibility index (Phi) is 3.97. The lowest BCUT2D eigenvalue weighted by molar-refractivity contribution is -0.122. The lowest BCUT2D eigenvalue weighted by Gasteiger charge is -2.15. The van der Waals surface area contributed by atoms with Gasteiger partial charge in [0.2, 0.25) is 11.8 Å². The Balaban J connectivity index is 1.37. The van der Waals surface area contributed by atoms with Crippen LogP contribution >= 0.6 is 0 Å². The van der Waals surface area contributed by atoms with Crippen LogP contribution in [0.4, 0.5) is 5.69 Å². The first-order chi connectivity index (χ1) is 13.7. The molecule has 1 aliphatic carbocycles. The van der Waals surface area contributed by atoms with Crippen LogP contribution in [0.3, 0.4) is 0 Å². The van der Waals surface area contributed by atoms with Crippen LogP contribution < -0.4 is 9.64 Å². The van der Waals surface area contributed by atoms with Gasteiger partial charge in [-0.15, -0.1) is 0 Å². The Morgan fingerprint density at radius 2 is 1.32 bits per heavy atom. The van der Waals surface area contributed by atoms with Crippen molar-refractivity contribution in [3.05, 3.63) is 78.9 Å². The monoisotopic (exact) mass is 369 g/mol. The molecule has 1 aliphatic heterocycles. The van der Waals surface area contributed by atoms with Crippen molar-refractivity contribution in [1.29, 1.82) is 0 Å². The number of hydrogen-bond acceptors (Lipinski definition) is 3. The standard InChI is InChI=1S/C24H19NO3/c26-23-21-7-3-4-8-22(21)24(27)25(23)18-10-13-19(14-11-18)28-20-12-9-16-5-1-2-6-17(16)15-20/h1-6,9-15,21-22H,7-8H2/t21-,22-/m1/s1. The van der Waals surface area contributed by atoms with E-state index in [0.717, 1.165) is 16.5 Å². The summed E-state index contributed by atoms with van der Waals surface area (Å²) >= 11 is 0. The largest absolute Gasteiger partial charge is 0.457 e. The third kappa shape index (κ3) is 2.78. The lowest BCUT2D eigenvalue weighted by atomic mass is 9.85. The maximum Gasteiger partial charge on any atom is 0.238 e. The Morgan fingerprint density at radius 1 is 0.714 bits per heavy atom. The van der Waals surface area contributed by atoms with Crippen LogP contribution in [0.5, 0.6) is 11.5 Å². The summed E-state index contributed by atoms with van der Waals surface area (Å²) in [4.78, 5) is 26.7. The molecule has 2 atom stereocenters. The molecule has 2 aliphatic rings. The van der Waals surface area contributed by atoms with Crippen molar-refractivity contribution < 1.29 is 14.3 Å². The summed E-state index contributed by atoms with van der Waals surface area (Å²) in [6.45, 7) is 0. The van der Waals surface area contributed by atoms with Crippen LogP contribution in [0.25, 0.3) is 10.8 Å². The molecular weight excluding hydrogens is 350 g/mol. The van der Waals surface area contributed by atoms with Crippen molar-refractivity contribution in [2.75, 3.05) is 4.90 Å². The van der Waals surface area contributed by atoms with E-state index < -0.39 is 0 Å². The van der Waals surface area contributed by atoms with E-state index in [4.69, 9.17) is 4.74 Å². The minimum Gasteiger partial charge on any atom is -0.457 e. The second-order valence-corrected chi connectivity index (χ2v) is 7.27. The SMILES string of the molecule is O=C1[C@@H]2CC=CC[C@H]2C(=O)N1c1ccc(Oc2ccc3ccccc3c2)cc1. The van der Waals surface area contributed by atoms with E-state index in [2.05, 4.69) is 6.07 Å². The Morgan fingerprint density at radius 3 is 2.00 bits per heavy atom. The van der Waals surface area contributed by atoms with Crippen LogP contribution in [0.1, 0.15) is 12.8 Å². The molecule has 4 nitrogen and oxygen atoms in total. The molecule has 0 saturated carbocycles. The number of hydrogen-bond donors (Lipinski definition) is 0. The van der Waals surface area contributed by atoms with Crippen molar-refractivity contribution in [2.45, 2.75) is 12.8 Å². The molecule has 0 bridgehead atoms. The summed E-state index contributed by atoms with van der Waals surface area (Å²) in [6.07, 6.45) is 5.29. The molecule has 0 radical (unpaired) electrons. The molecule has 3 aromatic carbocycles. The molecule has 2 amide bonds. The molecule has 1 saturated heterocycles. The van der Waals surface area contributed by atoms with E-state index in [1.54, 1.807) is 24.3 Å². The number of amides is 2. The van der Waals surface area contributed by atoms with Gasteiger partial charge in [0.05, 0.1) is 17.5 Å². The Hall–Kier alpha value is -3.40. The van der Waals surface area contributed by atoms with Gasteiger partial charge in [-0.3, -0.25) is 14.5 Å². The molecule has 0 N–H and O–H groups in total. The molecule has 0 aromatic heterocycles. The highest BCUT2D eigenvalue weighted by Crippen LogP contribution is 2.38. The highest BCUT2D eigenvalue weighted by molar-refractivity contribution is 6.22. The summed E-state index contributed by atoms with van der Waals surface area (Å²) in [6, 6.07) is 21.2. The molecule has 28 heavy (non-hydrogen) atoms. The quantitative estimate of drug-likeness (QED) is 0.477. The van der Waals surface area contributed by atoms with Gasteiger partial charge >= 0.3 is 0 Å². The van der Waals surface area contributed by atoms with Gasteiger partial charge in [-0.1, -0.05) is 42.5 Å². The van der Waals surface area contributed by atoms with Crippen molar-refractivity contribution in [1.82, 2.24) is 0 Å². The first-order valence-corrected chi connectivity index (χ1v) is 9.50. The van der Waals surface area contributed by atoms with Crippen LogP contribution in [0, 0.1) is 11.8 Å². The second-order valence-electron chi connectivity index (χ2n) is 7.27. The zero-order valence-electron chi connectivity index (χ0n) is 15.2. The van der Waals surface area contributed by atoms with Crippen LogP contribution in [0.2, 0.25) is 0 Å². The molecule has 3 aromatic rings. The van der Waals surface area contributed by atoms with Crippen molar-refractivity contribution >= 4 is 28.3 Å². The van der Waals surface area contributed by atoms with Gasteiger partial charge < -0.3 is 4.74 Å². The Bertz CT molecular complexity index is 1070. The molecule has 0 spiro atoms.